The van der Waals surface area contributed by atoms with Crippen LogP contribution in [0.4, 0.5) is 4.79 Å². The van der Waals surface area contributed by atoms with Gasteiger partial charge in [-0.15, -0.1) is 0 Å². The van der Waals surface area contributed by atoms with Gasteiger partial charge in [0.2, 0.25) is 0 Å². The van der Waals surface area contributed by atoms with Crippen molar-refractivity contribution >= 4 is 23.5 Å². The van der Waals surface area contributed by atoms with Crippen LogP contribution in [0.5, 0.6) is 0 Å². The number of rotatable bonds is 8. The molecular formula is C29H38ClN5O2. The maximum Gasteiger partial charge on any atom is 0.321 e. The Labute approximate surface area is 225 Å². The van der Waals surface area contributed by atoms with Crippen LogP contribution in [0, 0.1) is 13.8 Å². The van der Waals surface area contributed by atoms with E-state index in [0.29, 0.717) is 35.0 Å². The van der Waals surface area contributed by atoms with Crippen molar-refractivity contribution in [1.29, 1.82) is 0 Å². The van der Waals surface area contributed by atoms with Crippen molar-refractivity contribution in [1.82, 2.24) is 25.0 Å². The Morgan fingerprint density at radius 1 is 1.11 bits per heavy atom. The van der Waals surface area contributed by atoms with E-state index >= 15 is 0 Å². The van der Waals surface area contributed by atoms with E-state index in [1.165, 1.54) is 5.56 Å². The lowest BCUT2D eigenvalue weighted by Crippen LogP contribution is -2.49. The number of amides is 3. The molecule has 2 atom stereocenters. The summed E-state index contributed by atoms with van der Waals surface area (Å²) in [6, 6.07) is 13.7. The number of nitrogens with one attached hydrogen (secondary N) is 1. The second-order valence-electron chi connectivity index (χ2n) is 10.9. The minimum atomic E-state index is -0.0928. The molecule has 1 aromatic heterocycles. The van der Waals surface area contributed by atoms with Crippen molar-refractivity contribution in [3.63, 3.8) is 0 Å². The zero-order valence-corrected chi connectivity index (χ0v) is 22.9. The number of carbonyl (C=O) groups excluding carboxylic acids is 2. The number of halogens is 1. The van der Waals surface area contributed by atoms with Gasteiger partial charge in [-0.1, -0.05) is 41.9 Å². The lowest BCUT2D eigenvalue weighted by atomic mass is 9.98. The SMILES string of the molecule is Cc1cc(Cl)nc(C)c1C(=O)NCCC(C)N1CCC(N2C(=O)N(C3CC3)CC2c2ccccc2)CC1. The van der Waals surface area contributed by atoms with Gasteiger partial charge in [-0.2, -0.15) is 0 Å². The highest BCUT2D eigenvalue weighted by Crippen LogP contribution is 2.40. The van der Waals surface area contributed by atoms with E-state index in [1.54, 1.807) is 6.07 Å². The second kappa shape index (κ2) is 11.0. The van der Waals surface area contributed by atoms with Crippen LogP contribution in [0.3, 0.4) is 0 Å². The smallest absolute Gasteiger partial charge is 0.321 e. The number of aryl methyl sites for hydroxylation is 2. The third-order valence-corrected chi connectivity index (χ3v) is 8.49. The van der Waals surface area contributed by atoms with Crippen molar-refractivity contribution in [2.24, 2.45) is 0 Å². The van der Waals surface area contributed by atoms with E-state index < -0.39 is 0 Å². The molecule has 1 N–H and O–H groups in total. The molecule has 5 rings (SSSR count). The molecule has 1 saturated carbocycles. The highest BCUT2D eigenvalue weighted by Gasteiger charge is 2.47. The normalized spacial score (nSPS) is 21.9. The minimum Gasteiger partial charge on any atom is -0.352 e. The maximum atomic E-state index is 13.5. The molecule has 1 aliphatic carbocycles. The molecule has 0 bridgehead atoms. The molecule has 2 unspecified atom stereocenters. The first-order valence-corrected chi connectivity index (χ1v) is 14.0. The Kier molecular flexibility index (Phi) is 7.72. The highest BCUT2D eigenvalue weighted by molar-refractivity contribution is 6.29. The van der Waals surface area contributed by atoms with Gasteiger partial charge in [-0.05, 0) is 70.1 Å². The monoisotopic (exact) mass is 523 g/mol. The fraction of sp³-hybridized carbons (Fsp3) is 0.552. The quantitative estimate of drug-likeness (QED) is 0.496. The molecule has 2 saturated heterocycles. The molecule has 8 heteroatoms. The van der Waals surface area contributed by atoms with Crippen LogP contribution in [0.15, 0.2) is 36.4 Å². The minimum absolute atomic E-state index is 0.0928. The Hall–Kier alpha value is -2.64. The summed E-state index contributed by atoms with van der Waals surface area (Å²) in [6.45, 7) is 9.29. The van der Waals surface area contributed by atoms with E-state index in [-0.39, 0.29) is 24.0 Å². The number of nitrogens with zero attached hydrogens (tertiary/aromatic N) is 4. The van der Waals surface area contributed by atoms with Crippen molar-refractivity contribution in [2.45, 2.75) is 77.0 Å². The standard InChI is InChI=1S/C29H38ClN5O2/c1-19-17-26(30)32-21(3)27(19)28(36)31-14-11-20(2)33-15-12-24(13-16-33)35-25(22-7-5-4-6-8-22)18-34(29(35)37)23-9-10-23/h4-8,17,20,23-25H,9-16,18H2,1-3H3,(H,31,36). The molecule has 0 spiro atoms. The molecule has 3 fully saturated rings. The van der Waals surface area contributed by atoms with Crippen LogP contribution >= 0.6 is 11.6 Å². The molecule has 3 aliphatic rings. The number of benzene rings is 1. The first-order valence-electron chi connectivity index (χ1n) is 13.6. The van der Waals surface area contributed by atoms with Crippen molar-refractivity contribution in [3.8, 4) is 0 Å². The van der Waals surface area contributed by atoms with Crippen LogP contribution in [-0.4, -0.2) is 75.9 Å². The summed E-state index contributed by atoms with van der Waals surface area (Å²) in [5, 5.41) is 3.48. The van der Waals surface area contributed by atoms with Crippen LogP contribution in [-0.2, 0) is 0 Å². The first kappa shape index (κ1) is 26.0. The van der Waals surface area contributed by atoms with E-state index in [1.807, 2.05) is 19.9 Å². The van der Waals surface area contributed by atoms with Crippen molar-refractivity contribution in [2.75, 3.05) is 26.2 Å². The molecule has 37 heavy (non-hydrogen) atoms. The molecule has 198 valence electrons. The number of carbonyl (C=O) groups is 2. The zero-order chi connectivity index (χ0) is 26.1. The van der Waals surface area contributed by atoms with Gasteiger partial charge in [0.15, 0.2) is 0 Å². The number of urea groups is 1. The number of hydrogen-bond acceptors (Lipinski definition) is 4. The van der Waals surface area contributed by atoms with Crippen molar-refractivity contribution < 1.29 is 9.59 Å². The Morgan fingerprint density at radius 3 is 2.46 bits per heavy atom. The average molecular weight is 524 g/mol. The van der Waals surface area contributed by atoms with E-state index in [0.717, 1.165) is 57.3 Å². The number of likely N-dealkylation sites (tertiary alicyclic amines) is 1. The van der Waals surface area contributed by atoms with Gasteiger partial charge in [0.25, 0.3) is 5.91 Å². The summed E-state index contributed by atoms with van der Waals surface area (Å²) >= 11 is 6.01. The van der Waals surface area contributed by atoms with Gasteiger partial charge < -0.3 is 20.0 Å². The van der Waals surface area contributed by atoms with Gasteiger partial charge in [-0.25, -0.2) is 9.78 Å². The lowest BCUT2D eigenvalue weighted by molar-refractivity contribution is 0.0886. The summed E-state index contributed by atoms with van der Waals surface area (Å²) in [4.78, 5) is 37.3. The Balaban J connectivity index is 1.14. The fourth-order valence-electron chi connectivity index (χ4n) is 6.08. The zero-order valence-electron chi connectivity index (χ0n) is 22.1. The number of aromatic nitrogens is 1. The number of hydrogen-bond donors (Lipinski definition) is 1. The van der Waals surface area contributed by atoms with E-state index in [9.17, 15) is 9.59 Å². The summed E-state index contributed by atoms with van der Waals surface area (Å²) in [7, 11) is 0. The van der Waals surface area contributed by atoms with Gasteiger partial charge in [0.05, 0.1) is 17.3 Å². The second-order valence-corrected chi connectivity index (χ2v) is 11.3. The van der Waals surface area contributed by atoms with Crippen LogP contribution in [0.2, 0.25) is 5.15 Å². The summed E-state index contributed by atoms with van der Waals surface area (Å²) < 4.78 is 0. The van der Waals surface area contributed by atoms with Crippen LogP contribution in [0.25, 0.3) is 0 Å². The summed E-state index contributed by atoms with van der Waals surface area (Å²) in [6.07, 6.45) is 5.13. The first-order chi connectivity index (χ1) is 17.8. The highest BCUT2D eigenvalue weighted by atomic mass is 35.5. The molecule has 3 heterocycles. The predicted octanol–water partition coefficient (Wildman–Crippen LogP) is 4.97. The molecule has 2 aliphatic heterocycles. The van der Waals surface area contributed by atoms with Gasteiger partial charge >= 0.3 is 6.03 Å². The summed E-state index contributed by atoms with van der Waals surface area (Å²) in [5.74, 6) is -0.0928. The van der Waals surface area contributed by atoms with Gasteiger partial charge in [0.1, 0.15) is 5.15 Å². The van der Waals surface area contributed by atoms with Crippen molar-refractivity contribution in [3.05, 3.63) is 63.9 Å². The number of piperidine rings is 1. The molecule has 7 nitrogen and oxygen atoms in total. The van der Waals surface area contributed by atoms with E-state index in [2.05, 4.69) is 56.2 Å². The third-order valence-electron chi connectivity index (χ3n) is 8.30. The van der Waals surface area contributed by atoms with Crippen LogP contribution in [0.1, 0.15) is 72.2 Å². The number of pyridine rings is 1. The largest absolute Gasteiger partial charge is 0.352 e. The molecule has 1 aromatic carbocycles. The topological polar surface area (TPSA) is 68.8 Å². The van der Waals surface area contributed by atoms with E-state index in [4.69, 9.17) is 11.6 Å². The predicted molar refractivity (Wildman–Crippen MR) is 146 cm³/mol. The molecule has 3 amide bonds. The fourth-order valence-corrected chi connectivity index (χ4v) is 6.37. The molecule has 0 radical (unpaired) electrons. The summed E-state index contributed by atoms with van der Waals surface area (Å²) in [5.41, 5.74) is 3.35. The average Bonchev–Trinajstić information content (AvgIpc) is 3.66. The van der Waals surface area contributed by atoms with Gasteiger partial charge in [0, 0.05) is 44.3 Å². The molecular weight excluding hydrogens is 486 g/mol. The van der Waals surface area contributed by atoms with Crippen LogP contribution < -0.4 is 5.32 Å². The third kappa shape index (κ3) is 5.63. The Bertz CT molecular complexity index is 1110. The van der Waals surface area contributed by atoms with Gasteiger partial charge in [-0.3, -0.25) is 4.79 Å². The molecule has 2 aromatic rings. The maximum absolute atomic E-state index is 13.5. The Morgan fingerprint density at radius 2 is 1.81 bits per heavy atom. The lowest BCUT2D eigenvalue weighted by Gasteiger charge is -2.41.